The van der Waals surface area contributed by atoms with Crippen LogP contribution in [0.25, 0.3) is 0 Å². The highest BCUT2D eigenvalue weighted by Crippen LogP contribution is 2.16. The molecule has 2 amide bonds. The molecular weight excluding hydrogens is 252 g/mol. The van der Waals surface area contributed by atoms with Gasteiger partial charge in [-0.25, -0.2) is 4.79 Å². The van der Waals surface area contributed by atoms with E-state index in [9.17, 15) is 4.79 Å². The van der Waals surface area contributed by atoms with E-state index in [-0.39, 0.29) is 6.03 Å². The van der Waals surface area contributed by atoms with Gasteiger partial charge in [0.05, 0.1) is 5.69 Å². The molecule has 1 saturated heterocycles. The first kappa shape index (κ1) is 14.9. The maximum absolute atomic E-state index is 12.2. The summed E-state index contributed by atoms with van der Waals surface area (Å²) >= 11 is 0. The third-order valence-corrected chi connectivity index (χ3v) is 4.32. The lowest BCUT2D eigenvalue weighted by molar-refractivity contribution is 0.173. The van der Waals surface area contributed by atoms with Crippen LogP contribution in [0.1, 0.15) is 43.6 Å². The first-order chi connectivity index (χ1) is 9.52. The van der Waals surface area contributed by atoms with Gasteiger partial charge in [0.1, 0.15) is 0 Å². The highest BCUT2D eigenvalue weighted by atomic mass is 16.2. The number of nitrogens with one attached hydrogen (secondary N) is 1. The molecule has 2 rings (SSSR count). The standard InChI is InChI=1S/C15H26N4O/c1-5-19-13(4)14(12(3)17-19)10-16-15(20)18-8-6-11(2)7-9-18/h11H,5-10H2,1-4H3,(H,16,20). The number of aryl methyl sites for hydroxylation is 2. The van der Waals surface area contributed by atoms with Crippen LogP contribution in [0.2, 0.25) is 0 Å². The molecule has 0 aromatic carbocycles. The molecule has 0 atom stereocenters. The molecule has 0 unspecified atom stereocenters. The van der Waals surface area contributed by atoms with Gasteiger partial charge in [0, 0.05) is 37.4 Å². The van der Waals surface area contributed by atoms with Crippen LogP contribution in [0.5, 0.6) is 0 Å². The van der Waals surface area contributed by atoms with Gasteiger partial charge >= 0.3 is 6.03 Å². The monoisotopic (exact) mass is 278 g/mol. The normalized spacial score (nSPS) is 16.5. The third kappa shape index (κ3) is 3.14. The molecule has 0 bridgehead atoms. The van der Waals surface area contributed by atoms with E-state index in [0.717, 1.165) is 55.3 Å². The van der Waals surface area contributed by atoms with Crippen molar-refractivity contribution in [2.45, 2.75) is 53.6 Å². The van der Waals surface area contributed by atoms with Crippen molar-refractivity contribution in [3.63, 3.8) is 0 Å². The van der Waals surface area contributed by atoms with E-state index in [0.29, 0.717) is 6.54 Å². The zero-order valence-corrected chi connectivity index (χ0v) is 13.1. The number of carbonyl (C=O) groups is 1. The number of aromatic nitrogens is 2. The van der Waals surface area contributed by atoms with Gasteiger partial charge in [-0.15, -0.1) is 0 Å². The van der Waals surface area contributed by atoms with Crippen molar-refractivity contribution < 1.29 is 4.79 Å². The number of hydrogen-bond acceptors (Lipinski definition) is 2. The van der Waals surface area contributed by atoms with Gasteiger partial charge in [0.25, 0.3) is 0 Å². The van der Waals surface area contributed by atoms with Crippen LogP contribution >= 0.6 is 0 Å². The Labute approximate surface area is 121 Å². The lowest BCUT2D eigenvalue weighted by Crippen LogP contribution is -2.43. The Balaban J connectivity index is 1.92. The molecule has 0 radical (unpaired) electrons. The van der Waals surface area contributed by atoms with E-state index in [2.05, 4.69) is 31.2 Å². The Morgan fingerprint density at radius 3 is 2.55 bits per heavy atom. The van der Waals surface area contributed by atoms with Gasteiger partial charge < -0.3 is 10.2 Å². The van der Waals surface area contributed by atoms with Crippen molar-refractivity contribution >= 4 is 6.03 Å². The summed E-state index contributed by atoms with van der Waals surface area (Å²) in [6.45, 7) is 11.6. The van der Waals surface area contributed by atoms with Gasteiger partial charge in [0.15, 0.2) is 0 Å². The Kier molecular flexibility index (Phi) is 4.68. The van der Waals surface area contributed by atoms with Crippen LogP contribution in [-0.4, -0.2) is 33.8 Å². The topological polar surface area (TPSA) is 50.2 Å². The zero-order valence-electron chi connectivity index (χ0n) is 13.1. The summed E-state index contributed by atoms with van der Waals surface area (Å²) < 4.78 is 1.99. The Bertz CT molecular complexity index is 472. The summed E-state index contributed by atoms with van der Waals surface area (Å²) in [5.74, 6) is 0.742. The first-order valence-corrected chi connectivity index (χ1v) is 7.58. The Morgan fingerprint density at radius 1 is 1.35 bits per heavy atom. The fraction of sp³-hybridized carbons (Fsp3) is 0.733. The number of rotatable bonds is 3. The molecule has 1 N–H and O–H groups in total. The van der Waals surface area contributed by atoms with Gasteiger partial charge in [-0.05, 0) is 39.5 Å². The minimum absolute atomic E-state index is 0.0555. The molecule has 0 saturated carbocycles. The maximum Gasteiger partial charge on any atom is 0.317 e. The summed E-state index contributed by atoms with van der Waals surface area (Å²) in [7, 11) is 0. The second-order valence-electron chi connectivity index (χ2n) is 5.79. The number of likely N-dealkylation sites (tertiary alicyclic amines) is 1. The number of piperidine rings is 1. The highest BCUT2D eigenvalue weighted by Gasteiger charge is 2.20. The van der Waals surface area contributed by atoms with Crippen molar-refractivity contribution in [1.29, 1.82) is 0 Å². The number of amides is 2. The van der Waals surface area contributed by atoms with Crippen molar-refractivity contribution in [2.75, 3.05) is 13.1 Å². The lowest BCUT2D eigenvalue weighted by atomic mass is 10.00. The zero-order chi connectivity index (χ0) is 14.7. The van der Waals surface area contributed by atoms with Crippen LogP contribution in [0, 0.1) is 19.8 Å². The molecule has 5 nitrogen and oxygen atoms in total. The second-order valence-corrected chi connectivity index (χ2v) is 5.79. The van der Waals surface area contributed by atoms with Crippen LogP contribution in [-0.2, 0) is 13.1 Å². The fourth-order valence-corrected chi connectivity index (χ4v) is 2.79. The summed E-state index contributed by atoms with van der Waals surface area (Å²) in [6.07, 6.45) is 2.22. The minimum atomic E-state index is 0.0555. The Hall–Kier alpha value is -1.52. The van der Waals surface area contributed by atoms with E-state index in [4.69, 9.17) is 0 Å². The van der Waals surface area contributed by atoms with E-state index in [1.165, 1.54) is 0 Å². The van der Waals surface area contributed by atoms with E-state index in [1.807, 2.05) is 16.5 Å². The molecular formula is C15H26N4O. The van der Waals surface area contributed by atoms with Gasteiger partial charge in [-0.1, -0.05) is 6.92 Å². The molecule has 2 heterocycles. The average Bonchev–Trinajstić information content (AvgIpc) is 2.71. The molecule has 20 heavy (non-hydrogen) atoms. The van der Waals surface area contributed by atoms with Crippen molar-refractivity contribution in [1.82, 2.24) is 20.0 Å². The molecule has 112 valence electrons. The molecule has 5 heteroatoms. The number of urea groups is 1. The van der Waals surface area contributed by atoms with Crippen LogP contribution < -0.4 is 5.32 Å². The molecule has 0 aliphatic carbocycles. The van der Waals surface area contributed by atoms with Crippen LogP contribution in [0.15, 0.2) is 0 Å². The van der Waals surface area contributed by atoms with Gasteiger partial charge in [-0.3, -0.25) is 4.68 Å². The summed E-state index contributed by atoms with van der Waals surface area (Å²) in [5.41, 5.74) is 3.31. The quantitative estimate of drug-likeness (QED) is 0.923. The number of carbonyl (C=O) groups excluding carboxylic acids is 1. The van der Waals surface area contributed by atoms with Crippen LogP contribution in [0.3, 0.4) is 0 Å². The molecule has 1 fully saturated rings. The number of nitrogens with zero attached hydrogens (tertiary/aromatic N) is 3. The lowest BCUT2D eigenvalue weighted by Gasteiger charge is -2.30. The van der Waals surface area contributed by atoms with E-state index >= 15 is 0 Å². The SMILES string of the molecule is CCn1nc(C)c(CNC(=O)N2CCC(C)CC2)c1C. The smallest absolute Gasteiger partial charge is 0.317 e. The van der Waals surface area contributed by atoms with Gasteiger partial charge in [-0.2, -0.15) is 5.10 Å². The predicted molar refractivity (Wildman–Crippen MR) is 79.6 cm³/mol. The molecule has 1 aromatic heterocycles. The highest BCUT2D eigenvalue weighted by molar-refractivity contribution is 5.74. The van der Waals surface area contributed by atoms with Crippen molar-refractivity contribution in [3.8, 4) is 0 Å². The van der Waals surface area contributed by atoms with E-state index in [1.54, 1.807) is 0 Å². The second kappa shape index (κ2) is 6.29. The van der Waals surface area contributed by atoms with Crippen molar-refractivity contribution in [3.05, 3.63) is 17.0 Å². The largest absolute Gasteiger partial charge is 0.334 e. The molecule has 1 aliphatic heterocycles. The minimum Gasteiger partial charge on any atom is -0.334 e. The first-order valence-electron chi connectivity index (χ1n) is 7.58. The molecule has 1 aromatic rings. The Morgan fingerprint density at radius 2 is 2.00 bits per heavy atom. The van der Waals surface area contributed by atoms with Crippen molar-refractivity contribution in [2.24, 2.45) is 5.92 Å². The summed E-state index contributed by atoms with van der Waals surface area (Å²) in [5, 5.41) is 7.52. The predicted octanol–water partition coefficient (Wildman–Crippen LogP) is 2.46. The van der Waals surface area contributed by atoms with Crippen LogP contribution in [0.4, 0.5) is 4.79 Å². The number of hydrogen-bond donors (Lipinski definition) is 1. The average molecular weight is 278 g/mol. The maximum atomic E-state index is 12.2. The summed E-state index contributed by atoms with van der Waals surface area (Å²) in [4.78, 5) is 14.1. The fourth-order valence-electron chi connectivity index (χ4n) is 2.79. The summed E-state index contributed by atoms with van der Waals surface area (Å²) in [6, 6.07) is 0.0555. The molecule has 1 aliphatic rings. The third-order valence-electron chi connectivity index (χ3n) is 4.32. The van der Waals surface area contributed by atoms with Gasteiger partial charge in [0.2, 0.25) is 0 Å². The molecule has 0 spiro atoms. The van der Waals surface area contributed by atoms with E-state index < -0.39 is 0 Å².